The standard InChI is InChI=1S/C14H14BrFN2O/c1-2-19-14-6-12(16)3-4-13(14)18-8-10-5-11(15)9-17-7-10/h3-7,9,18H,2,8H2,1H3. The highest BCUT2D eigenvalue weighted by atomic mass is 79.9. The van der Waals surface area contributed by atoms with Gasteiger partial charge in [-0.3, -0.25) is 4.98 Å². The molecule has 0 atom stereocenters. The lowest BCUT2D eigenvalue weighted by molar-refractivity contribution is 0.340. The molecule has 0 spiro atoms. The van der Waals surface area contributed by atoms with E-state index in [9.17, 15) is 4.39 Å². The Bertz CT molecular complexity index is 563. The van der Waals surface area contributed by atoms with Crippen LogP contribution in [0, 0.1) is 5.82 Å². The number of ether oxygens (including phenoxy) is 1. The summed E-state index contributed by atoms with van der Waals surface area (Å²) >= 11 is 3.37. The third-order valence-electron chi connectivity index (χ3n) is 2.49. The lowest BCUT2D eigenvalue weighted by Gasteiger charge is -2.12. The van der Waals surface area contributed by atoms with Crippen LogP contribution in [0.5, 0.6) is 5.75 Å². The Balaban J connectivity index is 2.10. The zero-order chi connectivity index (χ0) is 13.7. The summed E-state index contributed by atoms with van der Waals surface area (Å²) in [5.74, 6) is 0.212. The normalized spacial score (nSPS) is 10.3. The number of halogens is 2. The van der Waals surface area contributed by atoms with E-state index in [1.54, 1.807) is 18.5 Å². The van der Waals surface area contributed by atoms with E-state index in [-0.39, 0.29) is 5.82 Å². The summed E-state index contributed by atoms with van der Waals surface area (Å²) in [5.41, 5.74) is 1.80. The predicted molar refractivity (Wildman–Crippen MR) is 76.8 cm³/mol. The van der Waals surface area contributed by atoms with Gasteiger partial charge in [0.1, 0.15) is 11.6 Å². The number of hydrogen-bond acceptors (Lipinski definition) is 3. The van der Waals surface area contributed by atoms with Gasteiger partial charge in [0.15, 0.2) is 0 Å². The molecule has 0 aliphatic carbocycles. The van der Waals surface area contributed by atoms with Crippen molar-refractivity contribution < 1.29 is 9.13 Å². The van der Waals surface area contributed by atoms with E-state index in [0.717, 1.165) is 15.7 Å². The van der Waals surface area contributed by atoms with Gasteiger partial charge in [-0.1, -0.05) is 0 Å². The van der Waals surface area contributed by atoms with Gasteiger partial charge in [0.2, 0.25) is 0 Å². The van der Waals surface area contributed by atoms with Crippen molar-refractivity contribution in [2.45, 2.75) is 13.5 Å². The minimum absolute atomic E-state index is 0.307. The van der Waals surface area contributed by atoms with Crippen molar-refractivity contribution >= 4 is 21.6 Å². The molecule has 0 radical (unpaired) electrons. The molecule has 1 aromatic carbocycles. The fourth-order valence-corrected chi connectivity index (χ4v) is 2.08. The molecule has 0 saturated carbocycles. The van der Waals surface area contributed by atoms with Crippen molar-refractivity contribution in [3.63, 3.8) is 0 Å². The maximum atomic E-state index is 13.2. The van der Waals surface area contributed by atoms with Gasteiger partial charge in [-0.25, -0.2) is 4.39 Å². The van der Waals surface area contributed by atoms with E-state index in [4.69, 9.17) is 4.74 Å². The van der Waals surface area contributed by atoms with Crippen LogP contribution in [0.4, 0.5) is 10.1 Å². The lowest BCUT2D eigenvalue weighted by atomic mass is 10.2. The molecular formula is C14H14BrFN2O. The number of nitrogens with one attached hydrogen (secondary N) is 1. The number of rotatable bonds is 5. The molecule has 0 saturated heterocycles. The maximum absolute atomic E-state index is 13.2. The molecule has 5 heteroatoms. The third kappa shape index (κ3) is 3.92. The van der Waals surface area contributed by atoms with Crippen LogP contribution in [0.3, 0.4) is 0 Å². The first-order chi connectivity index (χ1) is 9.19. The Labute approximate surface area is 119 Å². The van der Waals surface area contributed by atoms with Crippen molar-refractivity contribution in [2.75, 3.05) is 11.9 Å². The summed E-state index contributed by atoms with van der Waals surface area (Å²) in [4.78, 5) is 4.09. The quantitative estimate of drug-likeness (QED) is 0.902. The highest BCUT2D eigenvalue weighted by Crippen LogP contribution is 2.26. The Morgan fingerprint density at radius 1 is 1.32 bits per heavy atom. The molecule has 1 heterocycles. The topological polar surface area (TPSA) is 34.1 Å². The van der Waals surface area contributed by atoms with Gasteiger partial charge in [0.25, 0.3) is 0 Å². The molecule has 2 aromatic rings. The zero-order valence-electron chi connectivity index (χ0n) is 10.5. The number of benzene rings is 1. The molecule has 100 valence electrons. The van der Waals surface area contributed by atoms with Gasteiger partial charge in [0.05, 0.1) is 12.3 Å². The van der Waals surface area contributed by atoms with Gasteiger partial charge in [-0.15, -0.1) is 0 Å². The fraction of sp³-hybridized carbons (Fsp3) is 0.214. The maximum Gasteiger partial charge on any atom is 0.145 e. The van der Waals surface area contributed by atoms with E-state index in [0.29, 0.717) is 18.9 Å². The number of pyridine rings is 1. The van der Waals surface area contributed by atoms with Crippen LogP contribution in [0.15, 0.2) is 41.1 Å². The number of nitrogens with zero attached hydrogens (tertiary/aromatic N) is 1. The number of anilines is 1. The third-order valence-corrected chi connectivity index (χ3v) is 2.92. The largest absolute Gasteiger partial charge is 0.492 e. The molecule has 1 N–H and O–H groups in total. The highest BCUT2D eigenvalue weighted by molar-refractivity contribution is 9.10. The molecular weight excluding hydrogens is 311 g/mol. The Hall–Kier alpha value is -1.62. The van der Waals surface area contributed by atoms with Crippen LogP contribution < -0.4 is 10.1 Å². The van der Waals surface area contributed by atoms with Gasteiger partial charge in [-0.2, -0.15) is 0 Å². The van der Waals surface area contributed by atoms with Crippen LogP contribution in [-0.2, 0) is 6.54 Å². The highest BCUT2D eigenvalue weighted by Gasteiger charge is 2.05. The molecule has 0 fully saturated rings. The van der Waals surface area contributed by atoms with E-state index in [1.807, 2.05) is 13.0 Å². The SMILES string of the molecule is CCOc1cc(F)ccc1NCc1cncc(Br)c1. The molecule has 1 aromatic heterocycles. The van der Waals surface area contributed by atoms with Crippen LogP contribution in [0.1, 0.15) is 12.5 Å². The van der Waals surface area contributed by atoms with Gasteiger partial charge < -0.3 is 10.1 Å². The van der Waals surface area contributed by atoms with Crippen molar-refractivity contribution in [3.8, 4) is 5.75 Å². The minimum atomic E-state index is -0.307. The monoisotopic (exact) mass is 324 g/mol. The molecule has 0 amide bonds. The Kier molecular flexibility index (Phi) is 4.74. The molecule has 0 bridgehead atoms. The first-order valence-electron chi connectivity index (χ1n) is 5.94. The van der Waals surface area contributed by atoms with Gasteiger partial charge in [-0.05, 0) is 46.6 Å². The van der Waals surface area contributed by atoms with Gasteiger partial charge >= 0.3 is 0 Å². The smallest absolute Gasteiger partial charge is 0.145 e. The lowest BCUT2D eigenvalue weighted by Crippen LogP contribution is -2.03. The summed E-state index contributed by atoms with van der Waals surface area (Å²) in [6, 6.07) is 6.44. The summed E-state index contributed by atoms with van der Waals surface area (Å²) in [6.07, 6.45) is 3.51. The van der Waals surface area contributed by atoms with E-state index >= 15 is 0 Å². The second-order valence-corrected chi connectivity index (χ2v) is 4.85. The number of hydrogen-bond donors (Lipinski definition) is 1. The van der Waals surface area contributed by atoms with Crippen molar-refractivity contribution in [2.24, 2.45) is 0 Å². The summed E-state index contributed by atoms with van der Waals surface area (Å²) in [7, 11) is 0. The minimum Gasteiger partial charge on any atom is -0.492 e. The Morgan fingerprint density at radius 3 is 2.89 bits per heavy atom. The number of aromatic nitrogens is 1. The van der Waals surface area contributed by atoms with Crippen molar-refractivity contribution in [3.05, 3.63) is 52.5 Å². The van der Waals surface area contributed by atoms with E-state index in [2.05, 4.69) is 26.2 Å². The zero-order valence-corrected chi connectivity index (χ0v) is 12.1. The molecule has 0 aliphatic rings. The van der Waals surface area contributed by atoms with Crippen molar-refractivity contribution in [1.29, 1.82) is 0 Å². The van der Waals surface area contributed by atoms with Crippen LogP contribution in [-0.4, -0.2) is 11.6 Å². The molecule has 0 unspecified atom stereocenters. The van der Waals surface area contributed by atoms with Crippen LogP contribution in [0.2, 0.25) is 0 Å². The second kappa shape index (κ2) is 6.52. The molecule has 3 nitrogen and oxygen atoms in total. The summed E-state index contributed by atoms with van der Waals surface area (Å²) in [5, 5.41) is 3.22. The summed E-state index contributed by atoms with van der Waals surface area (Å²) < 4.78 is 19.5. The van der Waals surface area contributed by atoms with Crippen LogP contribution >= 0.6 is 15.9 Å². The fourth-order valence-electron chi connectivity index (χ4n) is 1.67. The summed E-state index contributed by atoms with van der Waals surface area (Å²) in [6.45, 7) is 2.96. The molecule has 0 aliphatic heterocycles. The van der Waals surface area contributed by atoms with Gasteiger partial charge in [0, 0.05) is 29.5 Å². The van der Waals surface area contributed by atoms with E-state index < -0.39 is 0 Å². The first kappa shape index (κ1) is 13.8. The van der Waals surface area contributed by atoms with Crippen LogP contribution in [0.25, 0.3) is 0 Å². The first-order valence-corrected chi connectivity index (χ1v) is 6.74. The molecule has 19 heavy (non-hydrogen) atoms. The second-order valence-electron chi connectivity index (χ2n) is 3.94. The van der Waals surface area contributed by atoms with E-state index in [1.165, 1.54) is 12.1 Å². The predicted octanol–water partition coefficient (Wildman–Crippen LogP) is 3.99. The average molecular weight is 325 g/mol. The molecule has 2 rings (SSSR count). The average Bonchev–Trinajstić information content (AvgIpc) is 2.38. The Morgan fingerprint density at radius 2 is 2.16 bits per heavy atom. The van der Waals surface area contributed by atoms with Crippen molar-refractivity contribution in [1.82, 2.24) is 4.98 Å².